The normalized spacial score (nSPS) is 29.3. The summed E-state index contributed by atoms with van der Waals surface area (Å²) in [4.78, 5) is 13.0. The van der Waals surface area contributed by atoms with Gasteiger partial charge in [-0.3, -0.25) is 4.79 Å². The summed E-state index contributed by atoms with van der Waals surface area (Å²) in [6.07, 6.45) is 21.7. The van der Waals surface area contributed by atoms with Crippen LogP contribution in [0.15, 0.2) is 72.9 Å². The molecule has 12 atom stereocenters. The number of allylic oxidation sites excluding steroid dienone is 11. The fourth-order valence-corrected chi connectivity index (χ4v) is 6.53. The minimum atomic E-state index is -1.79. The first-order valence-corrected chi connectivity index (χ1v) is 21.7. The van der Waals surface area contributed by atoms with Gasteiger partial charge in [-0.25, -0.2) is 0 Å². The lowest BCUT2D eigenvalue weighted by Gasteiger charge is -2.46. The van der Waals surface area contributed by atoms with Crippen molar-refractivity contribution in [3.05, 3.63) is 72.9 Å². The van der Waals surface area contributed by atoms with Crippen LogP contribution in [0.3, 0.4) is 0 Å². The van der Waals surface area contributed by atoms with Gasteiger partial charge in [0.05, 0.1) is 32.0 Å². The molecule has 0 aromatic heterocycles. The molecule has 0 saturated carbocycles. The van der Waals surface area contributed by atoms with Crippen molar-refractivity contribution < 1.29 is 64.6 Å². The van der Waals surface area contributed by atoms with Crippen LogP contribution in [0.5, 0.6) is 0 Å². The Morgan fingerprint density at radius 2 is 1.17 bits per heavy atom. The molecule has 2 saturated heterocycles. The van der Waals surface area contributed by atoms with E-state index in [1.165, 1.54) is 0 Å². The first-order valence-electron chi connectivity index (χ1n) is 21.7. The predicted molar refractivity (Wildman–Crippen MR) is 226 cm³/mol. The quantitative estimate of drug-likeness (QED) is 0.0372. The Hall–Kier alpha value is -2.57. The fourth-order valence-electron chi connectivity index (χ4n) is 6.53. The van der Waals surface area contributed by atoms with Crippen molar-refractivity contribution in [3.63, 3.8) is 0 Å². The zero-order valence-corrected chi connectivity index (χ0v) is 35.2. The predicted octanol–water partition coefficient (Wildman–Crippen LogP) is 3.70. The van der Waals surface area contributed by atoms with Gasteiger partial charge in [0.15, 0.2) is 12.6 Å². The molecular formula is C45H75NO13. The molecule has 338 valence electrons. The summed E-state index contributed by atoms with van der Waals surface area (Å²) >= 11 is 0. The summed E-state index contributed by atoms with van der Waals surface area (Å²) in [7, 11) is 0. The summed E-state index contributed by atoms with van der Waals surface area (Å²) < 4.78 is 22.4. The van der Waals surface area contributed by atoms with Gasteiger partial charge in [0, 0.05) is 6.42 Å². The smallest absolute Gasteiger partial charge is 0.220 e. The monoisotopic (exact) mass is 838 g/mol. The molecule has 14 heteroatoms. The number of aliphatic hydroxyl groups is 8. The molecule has 1 amide bonds. The first kappa shape index (κ1) is 52.6. The van der Waals surface area contributed by atoms with Gasteiger partial charge in [0.2, 0.25) is 5.91 Å². The van der Waals surface area contributed by atoms with E-state index in [0.717, 1.165) is 83.5 Å². The first-order chi connectivity index (χ1) is 28.6. The molecular weight excluding hydrogens is 762 g/mol. The SMILES string of the molecule is CC/C=C\C/C=C\C/C=C\C/C=C\C/C=C\CCCCCCCC(=O)NC(COC1OC(CO)C(OC2OC(CO)C(O)C(O)C2O)C(O)C1O)C(O)/C=C/CCCC. The molecule has 0 aromatic rings. The molecule has 0 aliphatic carbocycles. The van der Waals surface area contributed by atoms with Crippen LogP contribution in [0.1, 0.15) is 110 Å². The van der Waals surface area contributed by atoms with E-state index in [9.17, 15) is 45.6 Å². The van der Waals surface area contributed by atoms with Gasteiger partial charge in [-0.15, -0.1) is 0 Å². The van der Waals surface area contributed by atoms with Gasteiger partial charge in [-0.05, 0) is 57.8 Å². The highest BCUT2D eigenvalue weighted by Gasteiger charge is 2.50. The van der Waals surface area contributed by atoms with E-state index < -0.39 is 86.8 Å². The molecule has 2 aliphatic heterocycles. The Morgan fingerprint density at radius 1 is 0.627 bits per heavy atom. The van der Waals surface area contributed by atoms with Crippen LogP contribution in [-0.4, -0.2) is 140 Å². The molecule has 0 radical (unpaired) electrons. The van der Waals surface area contributed by atoms with Gasteiger partial charge < -0.3 is 65.1 Å². The van der Waals surface area contributed by atoms with Gasteiger partial charge in [-0.1, -0.05) is 119 Å². The number of hydrogen-bond donors (Lipinski definition) is 9. The minimum Gasteiger partial charge on any atom is -0.394 e. The van der Waals surface area contributed by atoms with Crippen molar-refractivity contribution in [2.24, 2.45) is 0 Å². The van der Waals surface area contributed by atoms with Gasteiger partial charge in [-0.2, -0.15) is 0 Å². The van der Waals surface area contributed by atoms with Gasteiger partial charge >= 0.3 is 0 Å². The Morgan fingerprint density at radius 3 is 1.78 bits per heavy atom. The lowest BCUT2D eigenvalue weighted by atomic mass is 9.97. The molecule has 2 fully saturated rings. The van der Waals surface area contributed by atoms with Crippen LogP contribution in [0.4, 0.5) is 0 Å². The fraction of sp³-hybridized carbons (Fsp3) is 0.711. The highest BCUT2D eigenvalue weighted by Crippen LogP contribution is 2.29. The standard InChI is InChI=1S/C45H75NO13/c1-3-5-7-9-10-11-12-13-14-15-16-17-18-19-20-21-22-23-24-25-27-29-37(50)46-33(34(49)28-26-8-6-4-2)32-56-44-42(55)40(53)43(36(31-48)58-44)59-45-41(54)39(52)38(51)35(30-47)57-45/h5,7,10-11,13-14,16-17,19-20,26,28,33-36,38-45,47-49,51-55H,3-4,6,8-9,12,15,18,21-25,27,29-32H2,1-2H3,(H,46,50)/b7-5-,11-10-,14-13-,17-16-,20-19-,28-26+. The van der Waals surface area contributed by atoms with Crippen molar-refractivity contribution in [2.75, 3.05) is 19.8 Å². The average Bonchev–Trinajstić information content (AvgIpc) is 3.23. The van der Waals surface area contributed by atoms with Crippen molar-refractivity contribution in [1.29, 1.82) is 0 Å². The number of hydrogen-bond acceptors (Lipinski definition) is 13. The van der Waals surface area contributed by atoms with E-state index in [1.54, 1.807) is 6.08 Å². The Kier molecular flexibility index (Phi) is 28.7. The lowest BCUT2D eigenvalue weighted by molar-refractivity contribution is -0.359. The third kappa shape index (κ3) is 20.7. The third-order valence-corrected chi connectivity index (χ3v) is 10.1. The molecule has 2 heterocycles. The molecule has 9 N–H and O–H groups in total. The summed E-state index contributed by atoms with van der Waals surface area (Å²) in [5.41, 5.74) is 0. The van der Waals surface area contributed by atoms with Crippen molar-refractivity contribution >= 4 is 5.91 Å². The van der Waals surface area contributed by atoms with E-state index in [2.05, 4.69) is 79.9 Å². The second-order valence-electron chi connectivity index (χ2n) is 15.1. The zero-order valence-electron chi connectivity index (χ0n) is 35.2. The second-order valence-corrected chi connectivity index (χ2v) is 15.1. The number of carbonyl (C=O) groups excluding carboxylic acids is 1. The van der Waals surface area contributed by atoms with Crippen molar-refractivity contribution in [3.8, 4) is 0 Å². The van der Waals surface area contributed by atoms with Crippen LogP contribution in [-0.2, 0) is 23.7 Å². The maximum absolute atomic E-state index is 13.0. The van der Waals surface area contributed by atoms with Crippen LogP contribution in [0, 0.1) is 0 Å². The maximum Gasteiger partial charge on any atom is 0.220 e. The number of aliphatic hydroxyl groups excluding tert-OH is 8. The van der Waals surface area contributed by atoms with Crippen LogP contribution < -0.4 is 5.32 Å². The summed E-state index contributed by atoms with van der Waals surface area (Å²) in [6.45, 7) is 2.44. The molecule has 14 nitrogen and oxygen atoms in total. The van der Waals surface area contributed by atoms with E-state index in [4.69, 9.17) is 18.9 Å². The number of ether oxygens (including phenoxy) is 4. The van der Waals surface area contributed by atoms with Crippen LogP contribution in [0.25, 0.3) is 0 Å². The Labute approximate surface area is 351 Å². The number of amides is 1. The maximum atomic E-state index is 13.0. The van der Waals surface area contributed by atoms with E-state index >= 15 is 0 Å². The number of unbranched alkanes of at least 4 members (excludes halogenated alkanes) is 7. The van der Waals surface area contributed by atoms with Crippen LogP contribution in [0.2, 0.25) is 0 Å². The number of rotatable bonds is 30. The second kappa shape index (κ2) is 32.2. The number of nitrogens with one attached hydrogen (secondary N) is 1. The zero-order chi connectivity index (χ0) is 43.3. The van der Waals surface area contributed by atoms with E-state index in [0.29, 0.717) is 6.42 Å². The van der Waals surface area contributed by atoms with Crippen molar-refractivity contribution in [1.82, 2.24) is 5.32 Å². The molecule has 0 spiro atoms. The molecule has 59 heavy (non-hydrogen) atoms. The van der Waals surface area contributed by atoms with Gasteiger partial charge in [0.25, 0.3) is 0 Å². The highest BCUT2D eigenvalue weighted by molar-refractivity contribution is 5.76. The average molecular weight is 838 g/mol. The van der Waals surface area contributed by atoms with Crippen LogP contribution >= 0.6 is 0 Å². The minimum absolute atomic E-state index is 0.252. The lowest BCUT2D eigenvalue weighted by Crippen LogP contribution is -2.65. The summed E-state index contributed by atoms with van der Waals surface area (Å²) in [6, 6.07) is -0.924. The van der Waals surface area contributed by atoms with Crippen molar-refractivity contribution in [2.45, 2.75) is 184 Å². The molecule has 12 unspecified atom stereocenters. The van der Waals surface area contributed by atoms with E-state index in [1.807, 2.05) is 6.08 Å². The molecule has 2 rings (SSSR count). The summed E-state index contributed by atoms with van der Waals surface area (Å²) in [5, 5.41) is 85.8. The topological polar surface area (TPSA) is 228 Å². The third-order valence-electron chi connectivity index (χ3n) is 10.1. The molecule has 2 aliphatic rings. The number of carbonyl (C=O) groups is 1. The summed E-state index contributed by atoms with van der Waals surface area (Å²) in [5.74, 6) is -0.273. The largest absolute Gasteiger partial charge is 0.394 e. The molecule has 0 aromatic carbocycles. The van der Waals surface area contributed by atoms with Gasteiger partial charge in [0.1, 0.15) is 48.8 Å². The highest BCUT2D eigenvalue weighted by atomic mass is 16.7. The van der Waals surface area contributed by atoms with E-state index in [-0.39, 0.29) is 18.9 Å². The Balaban J connectivity index is 1.77. The molecule has 0 bridgehead atoms. The Bertz CT molecular complexity index is 1270.